The van der Waals surface area contributed by atoms with Gasteiger partial charge in [-0.2, -0.15) is 0 Å². The minimum atomic E-state index is -3.79. The van der Waals surface area contributed by atoms with E-state index in [-0.39, 0.29) is 24.2 Å². The maximum atomic E-state index is 14.1. The quantitative estimate of drug-likeness (QED) is 0.0952. The molecule has 1 N–H and O–H groups in total. The molecule has 2 aromatic heterocycles. The first-order valence-corrected chi connectivity index (χ1v) is 17.0. The van der Waals surface area contributed by atoms with Gasteiger partial charge in [-0.15, -0.1) is 6.58 Å². The van der Waals surface area contributed by atoms with Gasteiger partial charge in [-0.05, 0) is 107 Å². The molecule has 244 valence electrons. The van der Waals surface area contributed by atoms with Crippen LogP contribution in [-0.4, -0.2) is 67.2 Å². The van der Waals surface area contributed by atoms with Crippen LogP contribution in [0.4, 0.5) is 0 Å². The number of ketones is 1. The molecule has 0 bridgehead atoms. The predicted molar refractivity (Wildman–Crippen MR) is 183 cm³/mol. The van der Waals surface area contributed by atoms with Gasteiger partial charge in [0.25, 0.3) is 5.56 Å². The average Bonchev–Trinajstić information content (AvgIpc) is 3.74. The van der Waals surface area contributed by atoms with Crippen LogP contribution >= 0.6 is 0 Å². The highest BCUT2D eigenvalue weighted by Gasteiger charge is 2.54. The van der Waals surface area contributed by atoms with Crippen molar-refractivity contribution in [2.75, 3.05) is 34.4 Å². The van der Waals surface area contributed by atoms with Crippen LogP contribution in [0.25, 0.3) is 22.0 Å². The van der Waals surface area contributed by atoms with Gasteiger partial charge in [-0.3, -0.25) is 9.59 Å². The molecule has 0 unspecified atom stereocenters. The first kappa shape index (κ1) is 33.2. The van der Waals surface area contributed by atoms with Gasteiger partial charge in [0.1, 0.15) is 11.5 Å². The average molecular weight is 646 g/mol. The maximum Gasteiger partial charge on any atom is 0.255 e. The molecule has 2 aromatic carbocycles. The van der Waals surface area contributed by atoms with E-state index in [0.717, 1.165) is 24.3 Å². The van der Waals surface area contributed by atoms with E-state index in [0.29, 0.717) is 70.5 Å². The number of hydrogen-bond acceptors (Lipinski definition) is 7. The monoisotopic (exact) mass is 645 g/mol. The van der Waals surface area contributed by atoms with E-state index in [2.05, 4.69) is 16.5 Å². The van der Waals surface area contributed by atoms with Gasteiger partial charge in [0, 0.05) is 35.8 Å². The molecule has 0 saturated heterocycles. The van der Waals surface area contributed by atoms with Gasteiger partial charge < -0.3 is 19.4 Å². The number of hydrogen-bond donors (Lipinski definition) is 1. The van der Waals surface area contributed by atoms with Gasteiger partial charge in [-0.1, -0.05) is 18.2 Å². The smallest absolute Gasteiger partial charge is 0.255 e. The zero-order valence-corrected chi connectivity index (χ0v) is 28.1. The molecule has 1 aliphatic rings. The molecule has 4 aromatic rings. The highest BCUT2D eigenvalue weighted by atomic mass is 32.2. The van der Waals surface area contributed by atoms with Gasteiger partial charge in [0.2, 0.25) is 10.0 Å². The molecule has 0 radical (unpaired) electrons. The van der Waals surface area contributed by atoms with Crippen LogP contribution < -0.4 is 15.0 Å². The lowest BCUT2D eigenvalue weighted by atomic mass is 9.94. The zero-order chi connectivity index (χ0) is 33.2. The summed E-state index contributed by atoms with van der Waals surface area (Å²) in [6.07, 6.45) is 5.89. The fourth-order valence-corrected chi connectivity index (χ4v) is 8.15. The molecule has 0 aliphatic heterocycles. The van der Waals surface area contributed by atoms with Crippen LogP contribution in [0.2, 0.25) is 0 Å². The number of nitrogens with zero attached hydrogens (tertiary/aromatic N) is 2. The summed E-state index contributed by atoms with van der Waals surface area (Å²) >= 11 is 0. The number of aromatic nitrogens is 2. The molecule has 1 aliphatic carbocycles. The number of allylic oxidation sites excluding steroid dienone is 1. The Morgan fingerprint density at radius 2 is 1.83 bits per heavy atom. The van der Waals surface area contributed by atoms with Gasteiger partial charge >= 0.3 is 0 Å². The minimum Gasteiger partial charge on any atom is -0.496 e. The van der Waals surface area contributed by atoms with Crippen molar-refractivity contribution in [2.45, 2.75) is 57.1 Å². The topological polar surface area (TPSA) is 111 Å². The third-order valence-corrected chi connectivity index (χ3v) is 11.2. The Balaban J connectivity index is 1.56. The number of nitrogens with one attached hydrogen (secondary N) is 1. The summed E-state index contributed by atoms with van der Waals surface area (Å²) in [5.41, 5.74) is 3.87. The van der Waals surface area contributed by atoms with Gasteiger partial charge in [-0.25, -0.2) is 12.4 Å². The highest BCUT2D eigenvalue weighted by molar-refractivity contribution is 7.91. The second-order valence-electron chi connectivity index (χ2n) is 12.5. The van der Waals surface area contributed by atoms with E-state index in [4.69, 9.17) is 9.47 Å². The van der Waals surface area contributed by atoms with Crippen LogP contribution in [0.3, 0.4) is 0 Å². The number of Topliss-reactive ketones (excluding diaryl/α,β-unsaturated/α-hetero) is 1. The second kappa shape index (κ2) is 13.3. The van der Waals surface area contributed by atoms with E-state index in [1.165, 1.54) is 11.1 Å². The molecular formula is C36H43N3O6S. The second-order valence-corrected chi connectivity index (χ2v) is 14.7. The molecule has 10 heteroatoms. The molecule has 0 spiro atoms. The lowest BCUT2D eigenvalue weighted by Gasteiger charge is -2.17. The van der Waals surface area contributed by atoms with Crippen molar-refractivity contribution in [2.24, 2.45) is 0 Å². The molecule has 0 amide bonds. The maximum absolute atomic E-state index is 14.1. The SMILES string of the molecule is C=CCC1(S(=O)(=O)n2cc(C)c3c(C(=O)CCc4c(OC)cc(C)[nH]c4=O)cc(-c4ccc(OCCCN(C)C)cc4)cc32)CC1. The largest absolute Gasteiger partial charge is 0.496 e. The zero-order valence-electron chi connectivity index (χ0n) is 27.3. The minimum absolute atomic E-state index is 0.0402. The summed E-state index contributed by atoms with van der Waals surface area (Å²) in [5, 5.41) is 0.595. The Kier molecular flexibility index (Phi) is 9.60. The number of rotatable bonds is 15. The van der Waals surface area contributed by atoms with Crippen molar-refractivity contribution in [3.8, 4) is 22.6 Å². The molecular weight excluding hydrogens is 602 g/mol. The van der Waals surface area contributed by atoms with Crippen LogP contribution in [-0.2, 0) is 16.4 Å². The number of aromatic amines is 1. The van der Waals surface area contributed by atoms with Gasteiger partial charge in [0.05, 0.1) is 29.5 Å². The number of H-pyrrole nitrogens is 1. The number of carbonyl (C=O) groups excluding carboxylic acids is 1. The number of methoxy groups -OCH3 is 1. The van der Waals surface area contributed by atoms with Crippen molar-refractivity contribution in [3.63, 3.8) is 0 Å². The Labute approximate surface area is 270 Å². The third-order valence-electron chi connectivity index (χ3n) is 8.75. The van der Waals surface area contributed by atoms with Crippen molar-refractivity contribution in [1.29, 1.82) is 0 Å². The molecule has 1 fully saturated rings. The van der Waals surface area contributed by atoms with E-state index < -0.39 is 14.8 Å². The van der Waals surface area contributed by atoms with E-state index >= 15 is 0 Å². The summed E-state index contributed by atoms with van der Waals surface area (Å²) in [4.78, 5) is 31.7. The third kappa shape index (κ3) is 6.55. The standard InChI is InChI=1S/C36H43N3O6S/c1-7-15-36(16-17-36)46(42,43)39-23-24(2)34-30(32(40)14-13-29-33(44-6)20-25(3)37-35(29)41)21-27(22-31(34)39)26-9-11-28(12-10-26)45-19-8-18-38(4)5/h7,9-12,20-23H,1,8,13-19H2,2-6H3,(H,37,41). The van der Waals surface area contributed by atoms with Crippen LogP contribution in [0.15, 0.2) is 66.1 Å². The Bertz CT molecular complexity index is 1930. The summed E-state index contributed by atoms with van der Waals surface area (Å²) in [6.45, 7) is 8.91. The number of benzene rings is 2. The Hall–Kier alpha value is -4.15. The lowest BCUT2D eigenvalue weighted by Crippen LogP contribution is -2.28. The first-order chi connectivity index (χ1) is 21.9. The van der Waals surface area contributed by atoms with Crippen molar-refractivity contribution in [3.05, 3.63) is 94.1 Å². The molecule has 5 rings (SSSR count). The van der Waals surface area contributed by atoms with E-state index in [1.807, 2.05) is 57.4 Å². The number of carbonyl (C=O) groups is 1. The highest BCUT2D eigenvalue weighted by Crippen LogP contribution is 2.49. The van der Waals surface area contributed by atoms with Gasteiger partial charge in [0.15, 0.2) is 5.78 Å². The number of pyridine rings is 1. The lowest BCUT2D eigenvalue weighted by molar-refractivity contribution is 0.0984. The summed E-state index contributed by atoms with van der Waals surface area (Å²) in [7, 11) is 1.76. The first-order valence-electron chi connectivity index (χ1n) is 15.6. The van der Waals surface area contributed by atoms with Crippen molar-refractivity contribution >= 4 is 26.7 Å². The number of ether oxygens (including phenoxy) is 2. The molecule has 2 heterocycles. The van der Waals surface area contributed by atoms with Crippen LogP contribution in [0, 0.1) is 13.8 Å². The van der Waals surface area contributed by atoms with Crippen molar-refractivity contribution < 1.29 is 22.7 Å². The Morgan fingerprint density at radius 1 is 1.11 bits per heavy atom. The fraction of sp³-hybridized carbons (Fsp3) is 0.389. The molecule has 0 atom stereocenters. The van der Waals surface area contributed by atoms with E-state index in [1.54, 1.807) is 25.3 Å². The number of aryl methyl sites for hydroxylation is 2. The summed E-state index contributed by atoms with van der Waals surface area (Å²) < 4.78 is 40.0. The molecule has 9 nitrogen and oxygen atoms in total. The summed E-state index contributed by atoms with van der Waals surface area (Å²) in [5.74, 6) is 0.974. The normalized spacial score (nSPS) is 14.0. The summed E-state index contributed by atoms with van der Waals surface area (Å²) in [6, 6.07) is 13.0. The molecule has 1 saturated carbocycles. The van der Waals surface area contributed by atoms with Crippen molar-refractivity contribution in [1.82, 2.24) is 13.9 Å². The number of fused-ring (bicyclic) bond motifs is 1. The van der Waals surface area contributed by atoms with Crippen LogP contribution in [0.1, 0.15) is 59.3 Å². The Morgan fingerprint density at radius 3 is 2.46 bits per heavy atom. The molecule has 46 heavy (non-hydrogen) atoms. The predicted octanol–water partition coefficient (Wildman–Crippen LogP) is 6.05. The fourth-order valence-electron chi connectivity index (χ4n) is 6.08. The van der Waals surface area contributed by atoms with Crippen LogP contribution in [0.5, 0.6) is 11.5 Å². The van der Waals surface area contributed by atoms with E-state index in [9.17, 15) is 18.0 Å².